The van der Waals surface area contributed by atoms with Gasteiger partial charge in [-0.3, -0.25) is 4.79 Å². The summed E-state index contributed by atoms with van der Waals surface area (Å²) in [4.78, 5) is 20.3. The molecule has 1 aromatic heterocycles. The van der Waals surface area contributed by atoms with Gasteiger partial charge in [0, 0.05) is 11.3 Å². The van der Waals surface area contributed by atoms with E-state index in [1.807, 2.05) is 72.8 Å². The summed E-state index contributed by atoms with van der Waals surface area (Å²) in [7, 11) is 1.62. The molecule has 1 amide bonds. The molecular formula is C22H20ClN3O2. The number of hydrogen-bond donors (Lipinski definition) is 2. The van der Waals surface area contributed by atoms with E-state index in [1.54, 1.807) is 7.11 Å². The zero-order valence-corrected chi connectivity index (χ0v) is 16.1. The summed E-state index contributed by atoms with van der Waals surface area (Å²) < 4.78 is 5.14. The van der Waals surface area contributed by atoms with Crippen molar-refractivity contribution < 1.29 is 9.53 Å². The van der Waals surface area contributed by atoms with Gasteiger partial charge in [-0.15, -0.1) is 12.4 Å². The fraction of sp³-hybridized carbons (Fsp3) is 0.0909. The van der Waals surface area contributed by atoms with Gasteiger partial charge in [0.2, 0.25) is 5.91 Å². The number of carbonyl (C=O) groups excluding carboxylic acids is 1. The van der Waals surface area contributed by atoms with Crippen molar-refractivity contribution >= 4 is 35.0 Å². The molecule has 0 aliphatic rings. The Morgan fingerprint density at radius 3 is 2.57 bits per heavy atom. The van der Waals surface area contributed by atoms with Crippen molar-refractivity contribution in [3.8, 4) is 17.1 Å². The Bertz CT molecular complexity index is 1060. The summed E-state index contributed by atoms with van der Waals surface area (Å²) in [5, 5.41) is 2.95. The van der Waals surface area contributed by atoms with Crippen molar-refractivity contribution in [3.63, 3.8) is 0 Å². The van der Waals surface area contributed by atoms with Gasteiger partial charge in [0.1, 0.15) is 11.6 Å². The van der Waals surface area contributed by atoms with Crippen LogP contribution >= 0.6 is 12.4 Å². The average molecular weight is 394 g/mol. The molecule has 0 radical (unpaired) electrons. The van der Waals surface area contributed by atoms with Crippen LogP contribution in [0.1, 0.15) is 5.56 Å². The third-order valence-corrected chi connectivity index (χ3v) is 4.33. The molecule has 0 fully saturated rings. The number of aromatic nitrogens is 2. The molecule has 0 saturated heterocycles. The molecule has 0 aliphatic carbocycles. The fourth-order valence-electron chi connectivity index (χ4n) is 2.97. The van der Waals surface area contributed by atoms with E-state index in [-0.39, 0.29) is 18.3 Å². The van der Waals surface area contributed by atoms with Gasteiger partial charge in [-0.05, 0) is 42.0 Å². The van der Waals surface area contributed by atoms with Gasteiger partial charge in [-0.2, -0.15) is 0 Å². The van der Waals surface area contributed by atoms with E-state index in [0.717, 1.165) is 39.4 Å². The van der Waals surface area contributed by atoms with Crippen molar-refractivity contribution in [2.75, 3.05) is 12.4 Å². The topological polar surface area (TPSA) is 67.0 Å². The number of amides is 1. The van der Waals surface area contributed by atoms with Crippen molar-refractivity contribution in [1.82, 2.24) is 9.97 Å². The second-order valence-electron chi connectivity index (χ2n) is 6.26. The largest absolute Gasteiger partial charge is 0.497 e. The van der Waals surface area contributed by atoms with Crippen molar-refractivity contribution in [2.24, 2.45) is 0 Å². The summed E-state index contributed by atoms with van der Waals surface area (Å²) in [5.74, 6) is 1.49. The minimum absolute atomic E-state index is 0. The molecule has 0 bridgehead atoms. The molecule has 4 rings (SSSR count). The average Bonchev–Trinajstić information content (AvgIpc) is 3.13. The number of aromatic amines is 1. The molecule has 3 aromatic carbocycles. The Morgan fingerprint density at radius 1 is 1.04 bits per heavy atom. The van der Waals surface area contributed by atoms with E-state index in [0.29, 0.717) is 6.42 Å². The predicted octanol–water partition coefficient (Wildman–Crippen LogP) is 4.84. The maximum atomic E-state index is 12.4. The summed E-state index contributed by atoms with van der Waals surface area (Å²) in [6.45, 7) is 0. The second kappa shape index (κ2) is 8.59. The summed E-state index contributed by atoms with van der Waals surface area (Å²) in [6.07, 6.45) is 0.304. The minimum Gasteiger partial charge on any atom is -0.497 e. The molecule has 2 N–H and O–H groups in total. The summed E-state index contributed by atoms with van der Waals surface area (Å²) in [6, 6.07) is 23.1. The number of methoxy groups -OCH3 is 1. The maximum Gasteiger partial charge on any atom is 0.228 e. The third-order valence-electron chi connectivity index (χ3n) is 4.33. The number of fused-ring (bicyclic) bond motifs is 1. The predicted molar refractivity (Wildman–Crippen MR) is 114 cm³/mol. The lowest BCUT2D eigenvalue weighted by atomic mass is 10.1. The fourth-order valence-corrected chi connectivity index (χ4v) is 2.97. The van der Waals surface area contributed by atoms with Gasteiger partial charge in [0.25, 0.3) is 0 Å². The Hall–Kier alpha value is -3.31. The Kier molecular flexibility index (Phi) is 5.96. The van der Waals surface area contributed by atoms with E-state index < -0.39 is 0 Å². The monoisotopic (exact) mass is 393 g/mol. The highest BCUT2D eigenvalue weighted by Crippen LogP contribution is 2.23. The normalized spacial score (nSPS) is 10.3. The van der Waals surface area contributed by atoms with Crippen LogP contribution in [0.4, 0.5) is 5.69 Å². The van der Waals surface area contributed by atoms with Gasteiger partial charge in [-0.25, -0.2) is 4.98 Å². The standard InChI is InChI=1S/C22H19N3O2.ClH/c1-27-18-11-9-15(10-12-18)13-21(26)23-17-6-4-5-16(14-17)22-24-19-7-2-3-8-20(19)25-22;/h2-12,14H,13H2,1H3,(H,23,26)(H,24,25);1H. The third kappa shape index (κ3) is 4.32. The van der Waals surface area contributed by atoms with Gasteiger partial charge in [0.05, 0.1) is 24.6 Å². The number of nitrogens with zero attached hydrogens (tertiary/aromatic N) is 1. The molecule has 28 heavy (non-hydrogen) atoms. The number of imidazole rings is 1. The van der Waals surface area contributed by atoms with E-state index in [1.165, 1.54) is 0 Å². The van der Waals surface area contributed by atoms with Crippen molar-refractivity contribution in [2.45, 2.75) is 6.42 Å². The van der Waals surface area contributed by atoms with Crippen molar-refractivity contribution in [1.29, 1.82) is 0 Å². The van der Waals surface area contributed by atoms with Crippen LogP contribution in [0.15, 0.2) is 72.8 Å². The van der Waals surface area contributed by atoms with Gasteiger partial charge in [0.15, 0.2) is 0 Å². The number of ether oxygens (including phenoxy) is 1. The summed E-state index contributed by atoms with van der Waals surface area (Å²) in [5.41, 5.74) is 4.50. The molecule has 4 aromatic rings. The van der Waals surface area contributed by atoms with Crippen LogP contribution in [0.3, 0.4) is 0 Å². The van der Waals surface area contributed by atoms with E-state index in [4.69, 9.17) is 4.74 Å². The highest BCUT2D eigenvalue weighted by molar-refractivity contribution is 5.93. The number of benzene rings is 3. The molecule has 0 aliphatic heterocycles. The van der Waals surface area contributed by atoms with Gasteiger partial charge in [-0.1, -0.05) is 36.4 Å². The SMILES string of the molecule is COc1ccc(CC(=O)Nc2cccc(-c3nc4ccccc4[nH]3)c2)cc1.Cl. The first-order valence-electron chi connectivity index (χ1n) is 8.69. The first kappa shape index (κ1) is 19.5. The number of hydrogen-bond acceptors (Lipinski definition) is 3. The number of para-hydroxylation sites is 2. The Morgan fingerprint density at radius 2 is 1.82 bits per heavy atom. The van der Waals surface area contributed by atoms with Crippen LogP contribution in [-0.4, -0.2) is 23.0 Å². The van der Waals surface area contributed by atoms with Gasteiger partial charge < -0.3 is 15.0 Å². The second-order valence-corrected chi connectivity index (χ2v) is 6.26. The quantitative estimate of drug-likeness (QED) is 0.509. The number of nitrogens with one attached hydrogen (secondary N) is 2. The molecular weight excluding hydrogens is 374 g/mol. The first-order valence-corrected chi connectivity index (χ1v) is 8.69. The van der Waals surface area contributed by atoms with Crippen LogP contribution in [-0.2, 0) is 11.2 Å². The zero-order valence-electron chi connectivity index (χ0n) is 15.3. The molecule has 0 spiro atoms. The van der Waals surface area contributed by atoms with Crippen LogP contribution in [0, 0.1) is 0 Å². The number of halogens is 1. The maximum absolute atomic E-state index is 12.4. The lowest BCUT2D eigenvalue weighted by Crippen LogP contribution is -2.14. The van der Waals surface area contributed by atoms with Gasteiger partial charge >= 0.3 is 0 Å². The Labute approximate surface area is 169 Å². The molecule has 5 nitrogen and oxygen atoms in total. The highest BCUT2D eigenvalue weighted by Gasteiger charge is 2.08. The first-order chi connectivity index (χ1) is 13.2. The smallest absolute Gasteiger partial charge is 0.228 e. The van der Waals surface area contributed by atoms with Crippen LogP contribution in [0.2, 0.25) is 0 Å². The lowest BCUT2D eigenvalue weighted by Gasteiger charge is -2.07. The molecule has 0 unspecified atom stereocenters. The molecule has 6 heteroatoms. The molecule has 0 saturated carbocycles. The van der Waals surface area contributed by atoms with Crippen molar-refractivity contribution in [3.05, 3.63) is 78.4 Å². The minimum atomic E-state index is -0.0677. The van der Waals surface area contributed by atoms with E-state index in [9.17, 15) is 4.79 Å². The number of carbonyl (C=O) groups is 1. The number of anilines is 1. The van der Waals surface area contributed by atoms with E-state index in [2.05, 4.69) is 15.3 Å². The van der Waals surface area contributed by atoms with E-state index >= 15 is 0 Å². The number of H-pyrrole nitrogens is 1. The number of rotatable bonds is 5. The van der Waals surface area contributed by atoms with Crippen LogP contribution in [0.5, 0.6) is 5.75 Å². The lowest BCUT2D eigenvalue weighted by molar-refractivity contribution is -0.115. The molecule has 142 valence electrons. The molecule has 0 atom stereocenters. The Balaban J connectivity index is 0.00000225. The molecule has 1 heterocycles. The summed E-state index contributed by atoms with van der Waals surface area (Å²) >= 11 is 0. The zero-order chi connectivity index (χ0) is 18.6. The van der Waals surface area contributed by atoms with Crippen LogP contribution < -0.4 is 10.1 Å². The highest BCUT2D eigenvalue weighted by atomic mass is 35.5. The van der Waals surface area contributed by atoms with Crippen LogP contribution in [0.25, 0.3) is 22.4 Å².